The van der Waals surface area contributed by atoms with Gasteiger partial charge in [-0.3, -0.25) is 4.90 Å². The predicted molar refractivity (Wildman–Crippen MR) is 88.8 cm³/mol. The van der Waals surface area contributed by atoms with Gasteiger partial charge in [0.2, 0.25) is 0 Å². The van der Waals surface area contributed by atoms with Crippen LogP contribution in [0.1, 0.15) is 51.2 Å². The maximum absolute atomic E-state index is 2.60. The molecular formula is C18H30N2. The second-order valence-electron chi connectivity index (χ2n) is 6.85. The van der Waals surface area contributed by atoms with E-state index >= 15 is 0 Å². The van der Waals surface area contributed by atoms with Crippen LogP contribution in [0, 0.1) is 6.92 Å². The van der Waals surface area contributed by atoms with Crippen molar-refractivity contribution in [1.82, 2.24) is 4.90 Å². The zero-order valence-corrected chi connectivity index (χ0v) is 14.0. The largest absolute Gasteiger partial charge is 0.374 e. The molecule has 2 heteroatoms. The summed E-state index contributed by atoms with van der Waals surface area (Å²) in [7, 11) is 2.22. The van der Waals surface area contributed by atoms with E-state index in [9.17, 15) is 0 Å². The van der Waals surface area contributed by atoms with Crippen molar-refractivity contribution < 1.29 is 0 Å². The van der Waals surface area contributed by atoms with Gasteiger partial charge < -0.3 is 4.90 Å². The third kappa shape index (κ3) is 3.17. The Bertz CT molecular complexity index is 443. The van der Waals surface area contributed by atoms with E-state index in [0.717, 1.165) is 0 Å². The lowest BCUT2D eigenvalue weighted by atomic mass is 9.96. The summed E-state index contributed by atoms with van der Waals surface area (Å²) in [5.74, 6) is 0.690. The average Bonchev–Trinajstić information content (AvgIpc) is 2.65. The molecule has 1 atom stereocenters. The average molecular weight is 274 g/mol. The summed E-state index contributed by atoms with van der Waals surface area (Å²) in [6.07, 6.45) is 1.26. The Morgan fingerprint density at radius 2 is 1.85 bits per heavy atom. The number of nitrogens with zero attached hydrogens (tertiary/aromatic N) is 2. The van der Waals surface area contributed by atoms with E-state index in [1.54, 1.807) is 5.56 Å². The van der Waals surface area contributed by atoms with Gasteiger partial charge in [0.15, 0.2) is 0 Å². The maximum Gasteiger partial charge on any atom is 0.0400 e. The molecule has 0 saturated carbocycles. The molecule has 0 N–H and O–H groups in total. The maximum atomic E-state index is 2.60. The van der Waals surface area contributed by atoms with Gasteiger partial charge in [0.25, 0.3) is 0 Å². The molecule has 0 bridgehead atoms. The van der Waals surface area contributed by atoms with Gasteiger partial charge in [-0.25, -0.2) is 0 Å². The number of anilines is 1. The van der Waals surface area contributed by atoms with Gasteiger partial charge >= 0.3 is 0 Å². The van der Waals surface area contributed by atoms with Crippen LogP contribution in [0.3, 0.4) is 0 Å². The minimum Gasteiger partial charge on any atom is -0.374 e. The van der Waals surface area contributed by atoms with Crippen molar-refractivity contribution in [1.29, 1.82) is 0 Å². The van der Waals surface area contributed by atoms with E-state index in [1.807, 2.05) is 0 Å². The van der Waals surface area contributed by atoms with Crippen LogP contribution in [0.5, 0.6) is 0 Å². The minimum atomic E-state index is 0.631. The van der Waals surface area contributed by atoms with Crippen molar-refractivity contribution in [3.05, 3.63) is 29.3 Å². The van der Waals surface area contributed by atoms with Gasteiger partial charge in [-0.2, -0.15) is 0 Å². The quantitative estimate of drug-likeness (QED) is 0.799. The van der Waals surface area contributed by atoms with Crippen molar-refractivity contribution in [3.8, 4) is 0 Å². The zero-order chi connectivity index (χ0) is 14.9. The number of benzene rings is 1. The molecule has 0 amide bonds. The van der Waals surface area contributed by atoms with Gasteiger partial charge in [0.1, 0.15) is 0 Å². The minimum absolute atomic E-state index is 0.631. The molecule has 0 unspecified atom stereocenters. The standard InChI is InChI=1S/C18H30N2/c1-13(2)20(14(3)4)10-9-16-12-19(6)18-8-7-15(5)11-17(16)18/h7-8,11,13-14,16H,9-10,12H2,1-6H3/t16-/m1/s1. The first-order chi connectivity index (χ1) is 9.40. The van der Waals surface area contributed by atoms with Crippen LogP contribution >= 0.6 is 0 Å². The Labute approximate surface area is 124 Å². The Hall–Kier alpha value is -1.02. The number of fused-ring (bicyclic) bond motifs is 1. The van der Waals surface area contributed by atoms with E-state index in [4.69, 9.17) is 0 Å². The first kappa shape index (κ1) is 15.4. The first-order valence-corrected chi connectivity index (χ1v) is 7.97. The van der Waals surface area contributed by atoms with Crippen LogP contribution in [0.15, 0.2) is 18.2 Å². The van der Waals surface area contributed by atoms with Crippen LogP contribution < -0.4 is 4.90 Å². The summed E-state index contributed by atoms with van der Waals surface area (Å²) in [5.41, 5.74) is 4.37. The fraction of sp³-hybridized carbons (Fsp3) is 0.667. The summed E-state index contributed by atoms with van der Waals surface area (Å²) >= 11 is 0. The molecular weight excluding hydrogens is 244 g/mol. The van der Waals surface area contributed by atoms with Gasteiger partial charge in [-0.1, -0.05) is 17.7 Å². The molecule has 1 aliphatic rings. The Morgan fingerprint density at radius 1 is 1.20 bits per heavy atom. The molecule has 2 nitrogen and oxygen atoms in total. The summed E-state index contributed by atoms with van der Waals surface area (Å²) in [5, 5.41) is 0. The molecule has 112 valence electrons. The van der Waals surface area contributed by atoms with Crippen molar-refractivity contribution in [2.45, 2.75) is 59.0 Å². The second kappa shape index (κ2) is 6.17. The highest BCUT2D eigenvalue weighted by molar-refractivity contribution is 5.60. The van der Waals surface area contributed by atoms with Crippen LogP contribution in [0.4, 0.5) is 5.69 Å². The van der Waals surface area contributed by atoms with Crippen LogP contribution in [0.25, 0.3) is 0 Å². The molecule has 1 heterocycles. The number of aryl methyl sites for hydroxylation is 1. The molecule has 0 saturated heterocycles. The summed E-state index contributed by atoms with van der Waals surface area (Å²) in [4.78, 5) is 5.02. The molecule has 1 aromatic rings. The van der Waals surface area contributed by atoms with Gasteiger partial charge in [0.05, 0.1) is 0 Å². The molecule has 0 aliphatic carbocycles. The second-order valence-corrected chi connectivity index (χ2v) is 6.85. The summed E-state index contributed by atoms with van der Waals surface area (Å²) < 4.78 is 0. The fourth-order valence-corrected chi connectivity index (χ4v) is 3.54. The molecule has 1 aliphatic heterocycles. The highest BCUT2D eigenvalue weighted by Gasteiger charge is 2.27. The SMILES string of the molecule is Cc1ccc2c(c1)[C@H](CCN(C(C)C)C(C)C)CN2C. The topological polar surface area (TPSA) is 6.48 Å². The van der Waals surface area contributed by atoms with E-state index in [0.29, 0.717) is 18.0 Å². The van der Waals surface area contributed by atoms with Crippen LogP contribution in [0.2, 0.25) is 0 Å². The smallest absolute Gasteiger partial charge is 0.0400 e. The predicted octanol–water partition coefficient (Wildman–Crippen LogP) is 4.04. The van der Waals surface area contributed by atoms with E-state index in [1.165, 1.54) is 30.8 Å². The highest BCUT2D eigenvalue weighted by atomic mass is 15.2. The third-order valence-corrected chi connectivity index (χ3v) is 4.59. The molecule has 1 aromatic carbocycles. The van der Waals surface area contributed by atoms with Gasteiger partial charge in [-0.05, 0) is 59.2 Å². The Kier molecular flexibility index (Phi) is 4.74. The van der Waals surface area contributed by atoms with Gasteiger partial charge in [-0.15, -0.1) is 0 Å². The summed E-state index contributed by atoms with van der Waals surface area (Å²) in [6.45, 7) is 13.8. The van der Waals surface area contributed by atoms with E-state index in [2.05, 4.69) is 69.7 Å². The van der Waals surface area contributed by atoms with Crippen molar-refractivity contribution in [2.75, 3.05) is 25.0 Å². The Morgan fingerprint density at radius 3 is 2.45 bits per heavy atom. The molecule has 2 rings (SSSR count). The molecule has 0 spiro atoms. The number of likely N-dealkylation sites (N-methyl/N-ethyl adjacent to an activating group) is 1. The molecule has 0 aromatic heterocycles. The molecule has 20 heavy (non-hydrogen) atoms. The van der Waals surface area contributed by atoms with E-state index < -0.39 is 0 Å². The number of rotatable bonds is 5. The van der Waals surface area contributed by atoms with Crippen molar-refractivity contribution in [2.24, 2.45) is 0 Å². The monoisotopic (exact) mass is 274 g/mol. The highest BCUT2D eigenvalue weighted by Crippen LogP contribution is 2.37. The first-order valence-electron chi connectivity index (χ1n) is 7.97. The van der Waals surface area contributed by atoms with Gasteiger partial charge in [0, 0.05) is 37.3 Å². The van der Waals surface area contributed by atoms with Crippen LogP contribution in [-0.4, -0.2) is 37.1 Å². The molecule has 0 fully saturated rings. The third-order valence-electron chi connectivity index (χ3n) is 4.59. The Balaban J connectivity index is 2.07. The fourth-order valence-electron chi connectivity index (χ4n) is 3.54. The lowest BCUT2D eigenvalue weighted by molar-refractivity contribution is 0.169. The normalized spacial score (nSPS) is 18.4. The molecule has 0 radical (unpaired) electrons. The van der Waals surface area contributed by atoms with E-state index in [-0.39, 0.29) is 0 Å². The lowest BCUT2D eigenvalue weighted by Crippen LogP contribution is -2.38. The number of hydrogen-bond acceptors (Lipinski definition) is 2. The van der Waals surface area contributed by atoms with Crippen molar-refractivity contribution in [3.63, 3.8) is 0 Å². The zero-order valence-electron chi connectivity index (χ0n) is 14.0. The lowest BCUT2D eigenvalue weighted by Gasteiger charge is -2.31. The van der Waals surface area contributed by atoms with Crippen molar-refractivity contribution >= 4 is 5.69 Å². The number of hydrogen-bond donors (Lipinski definition) is 0. The summed E-state index contributed by atoms with van der Waals surface area (Å²) in [6, 6.07) is 8.16. The van der Waals surface area contributed by atoms with Crippen LogP contribution in [-0.2, 0) is 0 Å².